The second kappa shape index (κ2) is 7.13. The van der Waals surface area contributed by atoms with Crippen LogP contribution in [0.1, 0.15) is 0 Å². The third-order valence-electron chi connectivity index (χ3n) is 2.40. The Kier molecular flexibility index (Phi) is 5.99. The number of methoxy groups -OCH3 is 1. The molecule has 0 fully saturated rings. The van der Waals surface area contributed by atoms with Crippen molar-refractivity contribution in [3.05, 3.63) is 46.6 Å². The minimum atomic E-state index is 0.594. The van der Waals surface area contributed by atoms with Crippen molar-refractivity contribution in [2.45, 2.75) is 0 Å². The van der Waals surface area contributed by atoms with Gasteiger partial charge in [-0.15, -0.1) is 0 Å². The fourth-order valence-corrected chi connectivity index (χ4v) is 4.30. The molecule has 0 aromatic heterocycles. The van der Waals surface area contributed by atoms with Crippen LogP contribution in [-0.4, -0.2) is 7.11 Å². The molecule has 0 aliphatic carbocycles. The zero-order valence-corrected chi connectivity index (χ0v) is 17.9. The molecule has 0 spiro atoms. The maximum absolute atomic E-state index is 5.98. The zero-order valence-electron chi connectivity index (χ0n) is 10.0. The SMILES string of the molecule is COc1c(Br)cc(Br)c(Br)c1Oc1ccc(Br)cc1Br. The van der Waals surface area contributed by atoms with E-state index in [9.17, 15) is 0 Å². The molecule has 0 amide bonds. The van der Waals surface area contributed by atoms with E-state index >= 15 is 0 Å². The molecule has 0 saturated carbocycles. The molecule has 0 aliphatic heterocycles. The second-order valence-electron chi connectivity index (χ2n) is 3.69. The van der Waals surface area contributed by atoms with Crippen LogP contribution in [0.3, 0.4) is 0 Å². The van der Waals surface area contributed by atoms with Gasteiger partial charge in [-0.1, -0.05) is 15.9 Å². The highest BCUT2D eigenvalue weighted by Gasteiger charge is 2.18. The molecule has 0 N–H and O–H groups in total. The molecule has 2 aromatic carbocycles. The summed E-state index contributed by atoms with van der Waals surface area (Å²) in [5.41, 5.74) is 0. The number of halogens is 5. The van der Waals surface area contributed by atoms with Crippen LogP contribution >= 0.6 is 79.6 Å². The van der Waals surface area contributed by atoms with E-state index in [0.29, 0.717) is 17.2 Å². The molecule has 0 aliphatic rings. The molecule has 7 heteroatoms. The van der Waals surface area contributed by atoms with E-state index in [4.69, 9.17) is 9.47 Å². The summed E-state index contributed by atoms with van der Waals surface area (Å²) >= 11 is 17.3. The maximum atomic E-state index is 5.98. The van der Waals surface area contributed by atoms with Crippen molar-refractivity contribution in [1.82, 2.24) is 0 Å². The lowest BCUT2D eigenvalue weighted by molar-refractivity contribution is 0.374. The molecule has 0 radical (unpaired) electrons. The standard InChI is InChI=1S/C13H7Br5O2/c1-19-12-9(17)5-8(16)11(18)13(12)20-10-3-2-6(14)4-7(10)15/h2-5H,1H3. The second-order valence-corrected chi connectivity index (χ2v) is 7.97. The van der Waals surface area contributed by atoms with Gasteiger partial charge in [-0.05, 0) is 88.0 Å². The third-order valence-corrected chi connectivity index (χ3v) is 6.04. The Morgan fingerprint density at radius 1 is 0.800 bits per heavy atom. The fraction of sp³-hybridized carbons (Fsp3) is 0.0769. The lowest BCUT2D eigenvalue weighted by Crippen LogP contribution is -1.94. The van der Waals surface area contributed by atoms with Crippen molar-refractivity contribution in [1.29, 1.82) is 0 Å². The predicted molar refractivity (Wildman–Crippen MR) is 98.0 cm³/mol. The Hall–Kier alpha value is 0.440. The van der Waals surface area contributed by atoms with Gasteiger partial charge >= 0.3 is 0 Å². The summed E-state index contributed by atoms with van der Waals surface area (Å²) in [5, 5.41) is 0. The Bertz CT molecular complexity index is 658. The molecule has 106 valence electrons. The Labute approximate surface area is 158 Å². The summed E-state index contributed by atoms with van der Waals surface area (Å²) in [6, 6.07) is 7.59. The molecule has 20 heavy (non-hydrogen) atoms. The minimum Gasteiger partial charge on any atom is -0.492 e. The molecule has 0 atom stereocenters. The van der Waals surface area contributed by atoms with Gasteiger partial charge in [-0.3, -0.25) is 0 Å². The average molecular weight is 595 g/mol. The molecule has 0 saturated heterocycles. The quantitative estimate of drug-likeness (QED) is 0.347. The van der Waals surface area contributed by atoms with Crippen LogP contribution in [0.2, 0.25) is 0 Å². The van der Waals surface area contributed by atoms with Crippen molar-refractivity contribution in [2.24, 2.45) is 0 Å². The van der Waals surface area contributed by atoms with Crippen molar-refractivity contribution in [3.8, 4) is 17.2 Å². The van der Waals surface area contributed by atoms with Crippen molar-refractivity contribution in [2.75, 3.05) is 7.11 Å². The molecular formula is C13H7Br5O2. The van der Waals surface area contributed by atoms with Gasteiger partial charge in [0, 0.05) is 8.95 Å². The average Bonchev–Trinajstić information content (AvgIpc) is 2.38. The van der Waals surface area contributed by atoms with Crippen molar-refractivity contribution in [3.63, 3.8) is 0 Å². The summed E-state index contributed by atoms with van der Waals surface area (Å²) in [6.07, 6.45) is 0. The third kappa shape index (κ3) is 3.61. The Balaban J connectivity index is 2.52. The number of benzene rings is 2. The monoisotopic (exact) mass is 590 g/mol. The molecule has 0 heterocycles. The van der Waals surface area contributed by atoms with E-state index in [0.717, 1.165) is 22.4 Å². The number of hydrogen-bond donors (Lipinski definition) is 0. The highest BCUT2D eigenvalue weighted by Crippen LogP contribution is 2.48. The topological polar surface area (TPSA) is 18.5 Å². The van der Waals surface area contributed by atoms with Crippen molar-refractivity contribution < 1.29 is 9.47 Å². The first-order valence-corrected chi connectivity index (χ1v) is 9.25. The van der Waals surface area contributed by atoms with Crippen LogP contribution in [0.5, 0.6) is 17.2 Å². The van der Waals surface area contributed by atoms with Gasteiger partial charge in [0.2, 0.25) is 0 Å². The summed E-state index contributed by atoms with van der Waals surface area (Å²) in [4.78, 5) is 0. The first kappa shape index (κ1) is 16.8. The lowest BCUT2D eigenvalue weighted by atomic mass is 10.3. The maximum Gasteiger partial charge on any atom is 0.185 e. The van der Waals surface area contributed by atoms with Crippen LogP contribution in [-0.2, 0) is 0 Å². The molecule has 0 unspecified atom stereocenters. The van der Waals surface area contributed by atoms with E-state index in [2.05, 4.69) is 79.6 Å². The van der Waals surface area contributed by atoms with E-state index in [-0.39, 0.29) is 0 Å². The van der Waals surface area contributed by atoms with E-state index in [1.807, 2.05) is 24.3 Å². The van der Waals surface area contributed by atoms with Crippen LogP contribution in [0.4, 0.5) is 0 Å². The predicted octanol–water partition coefficient (Wildman–Crippen LogP) is 7.30. The number of rotatable bonds is 3. The van der Waals surface area contributed by atoms with Crippen LogP contribution in [0.25, 0.3) is 0 Å². The minimum absolute atomic E-state index is 0.594. The molecule has 0 bridgehead atoms. The van der Waals surface area contributed by atoms with Gasteiger partial charge in [0.1, 0.15) is 5.75 Å². The van der Waals surface area contributed by atoms with Gasteiger partial charge in [0.15, 0.2) is 11.5 Å². The highest BCUT2D eigenvalue weighted by molar-refractivity contribution is 9.13. The summed E-state index contributed by atoms with van der Waals surface area (Å²) in [7, 11) is 1.60. The largest absolute Gasteiger partial charge is 0.492 e. The van der Waals surface area contributed by atoms with Crippen LogP contribution in [0.15, 0.2) is 46.6 Å². The molecule has 2 rings (SSSR count). The van der Waals surface area contributed by atoms with E-state index in [1.54, 1.807) is 7.11 Å². The molecule has 2 nitrogen and oxygen atoms in total. The fourth-order valence-electron chi connectivity index (χ4n) is 1.51. The lowest BCUT2D eigenvalue weighted by Gasteiger charge is -2.15. The Morgan fingerprint density at radius 2 is 1.50 bits per heavy atom. The van der Waals surface area contributed by atoms with Crippen LogP contribution in [0, 0.1) is 0 Å². The van der Waals surface area contributed by atoms with Gasteiger partial charge < -0.3 is 9.47 Å². The zero-order chi connectivity index (χ0) is 14.9. The van der Waals surface area contributed by atoms with E-state index in [1.165, 1.54) is 0 Å². The first-order valence-electron chi connectivity index (χ1n) is 5.28. The molecule has 2 aromatic rings. The summed E-state index contributed by atoms with van der Waals surface area (Å²) in [6.45, 7) is 0. The van der Waals surface area contributed by atoms with E-state index < -0.39 is 0 Å². The summed E-state index contributed by atoms with van der Waals surface area (Å²) < 4.78 is 15.7. The summed E-state index contributed by atoms with van der Waals surface area (Å²) in [5.74, 6) is 1.91. The van der Waals surface area contributed by atoms with Gasteiger partial charge in [0.05, 0.1) is 20.5 Å². The smallest absolute Gasteiger partial charge is 0.185 e. The Morgan fingerprint density at radius 3 is 2.10 bits per heavy atom. The number of hydrogen-bond acceptors (Lipinski definition) is 2. The number of ether oxygens (including phenoxy) is 2. The van der Waals surface area contributed by atoms with Crippen molar-refractivity contribution >= 4 is 79.6 Å². The first-order chi connectivity index (χ1) is 9.43. The van der Waals surface area contributed by atoms with Gasteiger partial charge in [0.25, 0.3) is 0 Å². The van der Waals surface area contributed by atoms with Gasteiger partial charge in [-0.2, -0.15) is 0 Å². The highest BCUT2D eigenvalue weighted by atomic mass is 79.9. The molecular weight excluding hydrogens is 588 g/mol. The van der Waals surface area contributed by atoms with Gasteiger partial charge in [-0.25, -0.2) is 0 Å². The van der Waals surface area contributed by atoms with Crippen LogP contribution < -0.4 is 9.47 Å². The normalized spacial score (nSPS) is 10.5.